The van der Waals surface area contributed by atoms with E-state index in [2.05, 4.69) is 15.3 Å². The summed E-state index contributed by atoms with van der Waals surface area (Å²) in [5, 5.41) is 4.86. The van der Waals surface area contributed by atoms with Crippen molar-refractivity contribution in [1.29, 1.82) is 0 Å². The van der Waals surface area contributed by atoms with E-state index in [4.69, 9.17) is 4.42 Å². The third kappa shape index (κ3) is 2.80. The lowest BCUT2D eigenvalue weighted by Gasteiger charge is -2.10. The third-order valence-electron chi connectivity index (χ3n) is 4.17. The molecular weight excluding hydrogens is 324 g/mol. The van der Waals surface area contributed by atoms with Gasteiger partial charge >= 0.3 is 0 Å². The first kappa shape index (κ1) is 15.5. The Morgan fingerprint density at radius 3 is 2.48 bits per heavy atom. The van der Waals surface area contributed by atoms with E-state index in [1.807, 2.05) is 37.3 Å². The topological polar surface area (TPSA) is 51.0 Å². The van der Waals surface area contributed by atoms with Gasteiger partial charge in [-0.3, -0.25) is 0 Å². The molecule has 2 aromatic heterocycles. The number of furan rings is 1. The van der Waals surface area contributed by atoms with E-state index < -0.39 is 12.2 Å². The molecule has 0 saturated carbocycles. The lowest BCUT2D eigenvalue weighted by molar-refractivity contribution is 0.141. The number of fused-ring (bicyclic) bond motifs is 2. The van der Waals surface area contributed by atoms with Gasteiger partial charge in [-0.1, -0.05) is 30.3 Å². The first-order valence-corrected chi connectivity index (χ1v) is 7.89. The van der Waals surface area contributed by atoms with Gasteiger partial charge in [-0.15, -0.1) is 0 Å². The van der Waals surface area contributed by atoms with E-state index in [9.17, 15) is 8.78 Å². The zero-order valence-electron chi connectivity index (χ0n) is 13.5. The molecule has 4 rings (SSSR count). The largest absolute Gasteiger partial charge is 0.459 e. The Balaban J connectivity index is 1.71. The Labute approximate surface area is 142 Å². The van der Waals surface area contributed by atoms with Gasteiger partial charge in [0.05, 0.1) is 12.1 Å². The smallest absolute Gasteiger partial charge is 0.297 e. The van der Waals surface area contributed by atoms with Gasteiger partial charge in [0.2, 0.25) is 0 Å². The number of alkyl halides is 2. The van der Waals surface area contributed by atoms with E-state index in [1.54, 1.807) is 18.2 Å². The average molecular weight is 339 g/mol. The molecule has 4 nitrogen and oxygen atoms in total. The first-order chi connectivity index (χ1) is 12.1. The fraction of sp³-hybridized carbons (Fsp3) is 0.158. The quantitative estimate of drug-likeness (QED) is 0.553. The Morgan fingerprint density at radius 2 is 1.72 bits per heavy atom. The van der Waals surface area contributed by atoms with Crippen LogP contribution in [0.4, 0.5) is 14.6 Å². The number of rotatable bonds is 4. The molecule has 0 aliphatic rings. The van der Waals surface area contributed by atoms with Crippen molar-refractivity contribution >= 4 is 27.7 Å². The van der Waals surface area contributed by atoms with Gasteiger partial charge in [-0.2, -0.15) is 0 Å². The van der Waals surface area contributed by atoms with Crippen molar-refractivity contribution in [1.82, 2.24) is 9.97 Å². The molecule has 2 aromatic carbocycles. The van der Waals surface area contributed by atoms with E-state index in [-0.39, 0.29) is 0 Å². The Morgan fingerprint density at radius 1 is 1.00 bits per heavy atom. The second kappa shape index (κ2) is 6.12. The number of nitrogens with one attached hydrogen (secondary N) is 1. The summed E-state index contributed by atoms with van der Waals surface area (Å²) in [6, 6.07) is 14.8. The van der Waals surface area contributed by atoms with Crippen molar-refractivity contribution < 1.29 is 13.2 Å². The normalized spacial score (nSPS) is 11.5. The number of benzene rings is 2. The van der Waals surface area contributed by atoms with Gasteiger partial charge < -0.3 is 9.73 Å². The molecule has 2 heterocycles. The second-order valence-corrected chi connectivity index (χ2v) is 5.75. The van der Waals surface area contributed by atoms with Gasteiger partial charge in [0.1, 0.15) is 17.2 Å². The highest BCUT2D eigenvalue weighted by Gasteiger charge is 2.16. The van der Waals surface area contributed by atoms with Crippen LogP contribution in [0.25, 0.3) is 21.9 Å². The molecule has 0 unspecified atom stereocenters. The average Bonchev–Trinajstić information content (AvgIpc) is 2.95. The number of nitrogens with zero attached hydrogens (tertiary/aromatic N) is 2. The molecule has 0 bridgehead atoms. The van der Waals surface area contributed by atoms with Gasteiger partial charge in [-0.25, -0.2) is 18.7 Å². The molecule has 6 heteroatoms. The van der Waals surface area contributed by atoms with Gasteiger partial charge in [0.15, 0.2) is 5.82 Å². The van der Waals surface area contributed by atoms with Crippen LogP contribution >= 0.6 is 0 Å². The third-order valence-corrected chi connectivity index (χ3v) is 4.17. The molecule has 4 aromatic rings. The van der Waals surface area contributed by atoms with Gasteiger partial charge in [-0.05, 0) is 25.1 Å². The number of aromatic nitrogens is 2. The summed E-state index contributed by atoms with van der Waals surface area (Å²) >= 11 is 0. The van der Waals surface area contributed by atoms with Crippen LogP contribution in [0.1, 0.15) is 23.6 Å². The van der Waals surface area contributed by atoms with Crippen molar-refractivity contribution in [2.45, 2.75) is 19.9 Å². The molecular formula is C19H15F2N3O. The summed E-state index contributed by atoms with van der Waals surface area (Å²) in [4.78, 5) is 7.90. The molecule has 0 spiro atoms. The number of para-hydroxylation sites is 2. The monoisotopic (exact) mass is 339 g/mol. The number of aryl methyl sites for hydroxylation is 1. The number of anilines is 1. The van der Waals surface area contributed by atoms with Crippen LogP contribution in [0.3, 0.4) is 0 Å². The second-order valence-electron chi connectivity index (χ2n) is 5.75. The fourth-order valence-corrected chi connectivity index (χ4v) is 2.88. The molecule has 0 radical (unpaired) electrons. The fourth-order valence-electron chi connectivity index (χ4n) is 2.88. The molecule has 126 valence electrons. The molecule has 0 saturated heterocycles. The maximum atomic E-state index is 13.1. The summed E-state index contributed by atoms with van der Waals surface area (Å²) in [6.07, 6.45) is -2.72. The number of hydrogen-bond acceptors (Lipinski definition) is 4. The number of halogens is 2. The number of hydrogen-bond donors (Lipinski definition) is 1. The Bertz CT molecular complexity index is 1060. The van der Waals surface area contributed by atoms with Crippen LogP contribution in [0, 0.1) is 6.92 Å². The molecule has 0 atom stereocenters. The Hall–Kier alpha value is -3.02. The van der Waals surface area contributed by atoms with Crippen LogP contribution in [-0.2, 0) is 6.54 Å². The van der Waals surface area contributed by atoms with Gasteiger partial charge in [0.25, 0.3) is 6.43 Å². The SMILES string of the molecule is Cc1c(CNc2nc(C(F)F)nc3ccccc23)oc2ccccc12. The Kier molecular flexibility index (Phi) is 3.80. The molecule has 0 amide bonds. The van der Waals surface area contributed by atoms with Crippen LogP contribution in [0.15, 0.2) is 52.9 Å². The lowest BCUT2D eigenvalue weighted by Crippen LogP contribution is -2.06. The summed E-state index contributed by atoms with van der Waals surface area (Å²) in [6.45, 7) is 2.33. The maximum Gasteiger partial charge on any atom is 0.297 e. The minimum absolute atomic E-state index is 0.351. The summed E-state index contributed by atoms with van der Waals surface area (Å²) < 4.78 is 32.0. The van der Waals surface area contributed by atoms with E-state index in [0.29, 0.717) is 23.3 Å². The minimum Gasteiger partial charge on any atom is -0.459 e. The van der Waals surface area contributed by atoms with E-state index in [1.165, 1.54) is 0 Å². The highest BCUT2D eigenvalue weighted by atomic mass is 19.3. The minimum atomic E-state index is -2.72. The molecule has 1 N–H and O–H groups in total. The van der Waals surface area contributed by atoms with Crippen molar-refractivity contribution in [2.75, 3.05) is 5.32 Å². The summed E-state index contributed by atoms with van der Waals surface area (Å²) in [5.74, 6) is 0.644. The van der Waals surface area contributed by atoms with Crippen molar-refractivity contribution in [3.05, 3.63) is 65.7 Å². The highest BCUT2D eigenvalue weighted by molar-refractivity contribution is 5.89. The van der Waals surface area contributed by atoms with Crippen molar-refractivity contribution in [2.24, 2.45) is 0 Å². The summed E-state index contributed by atoms with van der Waals surface area (Å²) in [5.41, 5.74) is 2.31. The van der Waals surface area contributed by atoms with Crippen LogP contribution in [-0.4, -0.2) is 9.97 Å². The standard InChI is InChI=1S/C19H15F2N3O/c1-11-12-6-3-5-9-15(12)25-16(11)10-22-18-13-7-2-4-8-14(13)23-19(24-18)17(20)21/h2-9,17H,10H2,1H3,(H,22,23,24). The predicted molar refractivity (Wildman–Crippen MR) is 92.8 cm³/mol. The van der Waals surface area contributed by atoms with Crippen LogP contribution < -0.4 is 5.32 Å². The molecule has 0 aliphatic carbocycles. The summed E-state index contributed by atoms with van der Waals surface area (Å²) in [7, 11) is 0. The lowest BCUT2D eigenvalue weighted by atomic mass is 10.1. The van der Waals surface area contributed by atoms with Crippen LogP contribution in [0.2, 0.25) is 0 Å². The highest BCUT2D eigenvalue weighted by Crippen LogP contribution is 2.28. The van der Waals surface area contributed by atoms with Crippen LogP contribution in [0.5, 0.6) is 0 Å². The molecule has 25 heavy (non-hydrogen) atoms. The van der Waals surface area contributed by atoms with E-state index >= 15 is 0 Å². The predicted octanol–water partition coefficient (Wildman–Crippen LogP) is 5.23. The molecule has 0 aliphatic heterocycles. The first-order valence-electron chi connectivity index (χ1n) is 7.89. The zero-order chi connectivity index (χ0) is 17.4. The van der Waals surface area contributed by atoms with Gasteiger partial charge in [0, 0.05) is 16.3 Å². The zero-order valence-corrected chi connectivity index (χ0v) is 13.5. The van der Waals surface area contributed by atoms with E-state index in [0.717, 1.165) is 22.3 Å². The van der Waals surface area contributed by atoms with Crippen molar-refractivity contribution in [3.8, 4) is 0 Å². The van der Waals surface area contributed by atoms with Crippen molar-refractivity contribution in [3.63, 3.8) is 0 Å². The maximum absolute atomic E-state index is 13.1. The molecule has 0 fully saturated rings.